The summed E-state index contributed by atoms with van der Waals surface area (Å²) < 4.78 is 0. The molecule has 15 aromatic rings. The van der Waals surface area contributed by atoms with Crippen molar-refractivity contribution < 1.29 is 0 Å². The van der Waals surface area contributed by atoms with Crippen molar-refractivity contribution in [2.45, 2.75) is 77.0 Å². The van der Waals surface area contributed by atoms with Crippen LogP contribution in [0.3, 0.4) is 0 Å². The number of hydrogen-bond donors (Lipinski definition) is 0. The van der Waals surface area contributed by atoms with Gasteiger partial charge < -0.3 is 9.80 Å². The summed E-state index contributed by atoms with van der Waals surface area (Å²) in [5.41, 5.74) is 32.1. The average Bonchev–Trinajstić information content (AvgIpc) is 0.875. The molecule has 4 aliphatic rings. The molecule has 0 amide bonds. The van der Waals surface area contributed by atoms with Crippen molar-refractivity contribution in [3.8, 4) is 66.8 Å². The van der Waals surface area contributed by atoms with Gasteiger partial charge in [-0.3, -0.25) is 0 Å². The summed E-state index contributed by atoms with van der Waals surface area (Å²) in [6, 6.07) is 112. The first-order chi connectivity index (χ1) is 46.6. The molecule has 458 valence electrons. The molecule has 0 spiro atoms. The van der Waals surface area contributed by atoms with Gasteiger partial charge in [0.1, 0.15) is 0 Å². The van der Waals surface area contributed by atoms with Gasteiger partial charge in [-0.1, -0.05) is 274 Å². The van der Waals surface area contributed by atoms with Crippen molar-refractivity contribution in [1.82, 2.24) is 0 Å². The Hall–Kier alpha value is -11.1. The minimum absolute atomic E-state index is 0.202. The molecule has 2 heteroatoms. The lowest BCUT2D eigenvalue weighted by Crippen LogP contribution is -2.18. The molecule has 0 unspecified atom stereocenters. The Morgan fingerprint density at radius 3 is 0.740 bits per heavy atom. The van der Waals surface area contributed by atoms with Gasteiger partial charge in [0.25, 0.3) is 0 Å². The molecule has 0 atom stereocenters. The van der Waals surface area contributed by atoms with E-state index in [1.807, 2.05) is 0 Å². The molecule has 4 aliphatic carbocycles. The highest BCUT2D eigenvalue weighted by atomic mass is 15.1. The van der Waals surface area contributed by atoms with Crippen LogP contribution in [0.15, 0.2) is 291 Å². The van der Waals surface area contributed by atoms with Crippen LogP contribution in [-0.2, 0) is 21.7 Å². The second kappa shape index (κ2) is 20.2. The van der Waals surface area contributed by atoms with Crippen LogP contribution >= 0.6 is 0 Å². The third kappa shape index (κ3) is 7.93. The average molecular weight is 1230 g/mol. The number of fused-ring (bicyclic) bond motifs is 16. The molecule has 0 fully saturated rings. The second-order valence-corrected chi connectivity index (χ2v) is 29.5. The first kappa shape index (κ1) is 56.5. The molecule has 15 aromatic carbocycles. The predicted molar refractivity (Wildman–Crippen MR) is 407 cm³/mol. The number of rotatable bonds is 8. The molecule has 0 aromatic heterocycles. The van der Waals surface area contributed by atoms with Crippen LogP contribution in [0.5, 0.6) is 0 Å². The number of benzene rings is 15. The van der Waals surface area contributed by atoms with E-state index in [4.69, 9.17) is 0 Å². The Morgan fingerprint density at radius 1 is 0.177 bits per heavy atom. The quantitative estimate of drug-likeness (QED) is 0.140. The fraction of sp³-hybridized carbons (Fsp3) is 0.128. The first-order valence-electron chi connectivity index (χ1n) is 34.2. The summed E-state index contributed by atoms with van der Waals surface area (Å²) in [5.74, 6) is 0. The van der Waals surface area contributed by atoms with E-state index in [1.54, 1.807) is 0 Å². The summed E-state index contributed by atoms with van der Waals surface area (Å²) in [4.78, 5) is 5.11. The minimum Gasteiger partial charge on any atom is -0.310 e. The lowest BCUT2D eigenvalue weighted by Gasteiger charge is -2.31. The van der Waals surface area contributed by atoms with Crippen molar-refractivity contribution >= 4 is 77.2 Å². The maximum atomic E-state index is 2.56. The van der Waals surface area contributed by atoms with Crippen LogP contribution in [-0.4, -0.2) is 0 Å². The molecule has 0 N–H and O–H groups in total. The van der Waals surface area contributed by atoms with E-state index in [1.165, 1.54) is 154 Å². The summed E-state index contributed by atoms with van der Waals surface area (Å²) in [5, 5.41) is 9.63. The van der Waals surface area contributed by atoms with Crippen LogP contribution in [0.2, 0.25) is 0 Å². The van der Waals surface area contributed by atoms with E-state index >= 15 is 0 Å². The molecule has 2 nitrogen and oxygen atoms in total. The third-order valence-corrected chi connectivity index (χ3v) is 23.0. The van der Waals surface area contributed by atoms with E-state index in [0.29, 0.717) is 0 Å². The summed E-state index contributed by atoms with van der Waals surface area (Å²) in [7, 11) is 0. The van der Waals surface area contributed by atoms with Crippen molar-refractivity contribution in [2.75, 3.05) is 9.80 Å². The standard InChI is InChI=1S/C94H72N2/c1-91(2)81-35-17-13-29-67(81)71-45-39-61(53-85(71)91)95(62-40-46-72-68-30-14-18-36-82(68)92(3,4)86(72)54-62)59-43-49-77-79(51-59)89(75-33-21-25-57-23-9-11-27-65(57)75)78-50-44-60(52-80(78)90(77)76-34-22-26-58-24-10-12-28-66(58)76)96(63-41-47-73-69-31-15-19-37-83(69)93(5,6)87(73)55-63)64-42-48-74-70-32-16-20-38-84(70)94(7,8)88(74)56-64/h9-56H,1-8H3. The predicted octanol–water partition coefficient (Wildman–Crippen LogP) is 25.8. The van der Waals surface area contributed by atoms with E-state index in [9.17, 15) is 0 Å². The van der Waals surface area contributed by atoms with Crippen LogP contribution < -0.4 is 9.80 Å². The fourth-order valence-electron chi connectivity index (χ4n) is 18.2. The summed E-state index contributed by atoms with van der Waals surface area (Å²) in [6.45, 7) is 19.2. The summed E-state index contributed by atoms with van der Waals surface area (Å²) in [6.07, 6.45) is 0. The van der Waals surface area contributed by atoms with Gasteiger partial charge in [-0.25, -0.2) is 0 Å². The Labute approximate surface area is 563 Å². The van der Waals surface area contributed by atoms with E-state index in [2.05, 4.69) is 356 Å². The molecule has 0 radical (unpaired) electrons. The second-order valence-electron chi connectivity index (χ2n) is 29.5. The SMILES string of the molecule is CC1(C)c2ccccc2-c2ccc(N(c3ccc4c(c3)C(C)(C)c3ccccc3-4)c3ccc4c(-c5cccc6ccccc56)c5cc(N(c6ccc7c(c6)C(C)(C)c6ccccc6-7)c6ccc7c(c6)C(C)(C)c6ccccc6-7)ccc5c(-c5cccc6ccccc56)c4c3)cc21. The fourth-order valence-corrected chi connectivity index (χ4v) is 18.2. The summed E-state index contributed by atoms with van der Waals surface area (Å²) >= 11 is 0. The van der Waals surface area contributed by atoms with Crippen LogP contribution in [0.1, 0.15) is 99.9 Å². The van der Waals surface area contributed by atoms with Gasteiger partial charge in [0.15, 0.2) is 0 Å². The van der Waals surface area contributed by atoms with Gasteiger partial charge in [-0.15, -0.1) is 0 Å². The third-order valence-electron chi connectivity index (χ3n) is 23.0. The molecule has 19 rings (SSSR count). The van der Waals surface area contributed by atoms with Crippen LogP contribution in [0.25, 0.3) is 110 Å². The zero-order valence-electron chi connectivity index (χ0n) is 55.6. The maximum absolute atomic E-state index is 2.56. The minimum atomic E-state index is -0.202. The topological polar surface area (TPSA) is 6.48 Å². The highest BCUT2D eigenvalue weighted by Gasteiger charge is 2.41. The molecular formula is C94H72N2. The first-order valence-corrected chi connectivity index (χ1v) is 34.2. The molecule has 0 saturated heterocycles. The lowest BCUT2D eigenvalue weighted by atomic mass is 9.81. The van der Waals surface area contributed by atoms with Gasteiger partial charge in [-0.2, -0.15) is 0 Å². The lowest BCUT2D eigenvalue weighted by molar-refractivity contribution is 0.659. The Kier molecular flexibility index (Phi) is 11.9. The molecule has 0 aliphatic heterocycles. The van der Waals surface area contributed by atoms with Crippen LogP contribution in [0.4, 0.5) is 34.1 Å². The van der Waals surface area contributed by atoms with E-state index < -0.39 is 0 Å². The highest BCUT2D eigenvalue weighted by Crippen LogP contribution is 2.58. The Morgan fingerprint density at radius 2 is 0.417 bits per heavy atom. The molecule has 96 heavy (non-hydrogen) atoms. The van der Waals surface area contributed by atoms with E-state index in [0.717, 1.165) is 34.1 Å². The van der Waals surface area contributed by atoms with Crippen molar-refractivity contribution in [1.29, 1.82) is 0 Å². The van der Waals surface area contributed by atoms with Gasteiger partial charge in [0.05, 0.1) is 0 Å². The van der Waals surface area contributed by atoms with Crippen molar-refractivity contribution in [3.63, 3.8) is 0 Å². The van der Waals surface area contributed by atoms with Gasteiger partial charge in [0.2, 0.25) is 0 Å². The van der Waals surface area contributed by atoms with Crippen molar-refractivity contribution in [2.24, 2.45) is 0 Å². The van der Waals surface area contributed by atoms with E-state index in [-0.39, 0.29) is 21.7 Å². The number of anilines is 6. The van der Waals surface area contributed by atoms with Crippen LogP contribution in [0, 0.1) is 0 Å². The monoisotopic (exact) mass is 1230 g/mol. The molecule has 0 bridgehead atoms. The molecule has 0 saturated carbocycles. The largest absolute Gasteiger partial charge is 0.310 e. The number of nitrogens with zero attached hydrogens (tertiary/aromatic N) is 2. The maximum Gasteiger partial charge on any atom is 0.0468 e. The Balaban J connectivity index is 0.903. The zero-order valence-corrected chi connectivity index (χ0v) is 55.6. The van der Waals surface area contributed by atoms with Gasteiger partial charge in [0, 0.05) is 55.8 Å². The molecule has 0 heterocycles. The normalized spacial score (nSPS) is 15.0. The number of hydrogen-bond acceptors (Lipinski definition) is 2. The Bertz CT molecular complexity index is 5280. The zero-order chi connectivity index (χ0) is 64.7. The van der Waals surface area contributed by atoms with Crippen molar-refractivity contribution in [3.05, 3.63) is 336 Å². The van der Waals surface area contributed by atoms with Gasteiger partial charge in [-0.05, 0) is 227 Å². The van der Waals surface area contributed by atoms with Gasteiger partial charge >= 0.3 is 0 Å². The smallest absolute Gasteiger partial charge is 0.0468 e. The highest BCUT2D eigenvalue weighted by molar-refractivity contribution is 6.26. The molecular weight excluding hydrogens is 1160 g/mol.